The summed E-state index contributed by atoms with van der Waals surface area (Å²) in [7, 11) is 0. The highest BCUT2D eigenvalue weighted by Gasteiger charge is 2.23. The molecule has 0 aromatic heterocycles. The predicted octanol–water partition coefficient (Wildman–Crippen LogP) is 2.75. The molecule has 6 nitrogen and oxygen atoms in total. The molecule has 0 saturated carbocycles. The second kappa shape index (κ2) is 5.81. The molecule has 6 heteroatoms. The van der Waals surface area contributed by atoms with Crippen molar-refractivity contribution in [1.82, 2.24) is 0 Å². The highest BCUT2D eigenvalue weighted by Crippen LogP contribution is 2.33. The van der Waals surface area contributed by atoms with Gasteiger partial charge in [-0.2, -0.15) is 5.26 Å². The van der Waals surface area contributed by atoms with Gasteiger partial charge in [-0.1, -0.05) is 12.1 Å². The number of fused-ring (bicyclic) bond motifs is 1. The number of nitriles is 1. The fourth-order valence-corrected chi connectivity index (χ4v) is 2.56. The van der Waals surface area contributed by atoms with Gasteiger partial charge in [0.05, 0.1) is 41.0 Å². The number of benzene rings is 2. The Balaban J connectivity index is 1.98. The average molecular weight is 307 g/mol. The first-order valence-corrected chi connectivity index (χ1v) is 7.00. The van der Waals surface area contributed by atoms with E-state index in [0.717, 1.165) is 5.56 Å². The predicted molar refractivity (Wildman–Crippen MR) is 84.2 cm³/mol. The van der Waals surface area contributed by atoms with Gasteiger partial charge in [0.25, 0.3) is 0 Å². The minimum Gasteiger partial charge on any atom is -0.478 e. The van der Waals surface area contributed by atoms with Crippen molar-refractivity contribution in [1.29, 1.82) is 5.26 Å². The molecule has 23 heavy (non-hydrogen) atoms. The molecule has 0 bridgehead atoms. The molecule has 1 aliphatic rings. The number of carboxylic acids is 1. The number of carbonyl (C=O) groups is 2. The molecule has 1 heterocycles. The summed E-state index contributed by atoms with van der Waals surface area (Å²) >= 11 is 0. The normalized spacial score (nSPS) is 16.3. The van der Waals surface area contributed by atoms with Crippen LogP contribution in [0.1, 0.15) is 33.9 Å². The molecule has 0 saturated heterocycles. The number of hydrogen-bond donors (Lipinski definition) is 3. The van der Waals surface area contributed by atoms with E-state index < -0.39 is 5.97 Å². The summed E-state index contributed by atoms with van der Waals surface area (Å²) in [5, 5.41) is 24.0. The van der Waals surface area contributed by atoms with Gasteiger partial charge >= 0.3 is 5.97 Å². The number of amides is 1. The zero-order valence-electron chi connectivity index (χ0n) is 12.0. The molecule has 114 valence electrons. The van der Waals surface area contributed by atoms with Crippen molar-refractivity contribution in [2.75, 3.05) is 10.6 Å². The molecule has 1 unspecified atom stereocenters. The van der Waals surface area contributed by atoms with Crippen molar-refractivity contribution in [3.8, 4) is 6.07 Å². The molecule has 3 rings (SSSR count). The number of hydrogen-bond acceptors (Lipinski definition) is 4. The maximum absolute atomic E-state index is 12.1. The minimum absolute atomic E-state index is 0.107. The molecular formula is C17H13N3O3. The van der Waals surface area contributed by atoms with Crippen molar-refractivity contribution >= 4 is 23.3 Å². The van der Waals surface area contributed by atoms with Crippen LogP contribution in [0.5, 0.6) is 0 Å². The van der Waals surface area contributed by atoms with Gasteiger partial charge in [-0.25, -0.2) is 4.79 Å². The van der Waals surface area contributed by atoms with E-state index in [1.54, 1.807) is 24.3 Å². The van der Waals surface area contributed by atoms with Gasteiger partial charge in [0.2, 0.25) is 5.91 Å². The van der Waals surface area contributed by atoms with Gasteiger partial charge in [0, 0.05) is 0 Å². The Kier molecular flexibility index (Phi) is 3.69. The topological polar surface area (TPSA) is 102 Å². The number of carbonyl (C=O) groups excluding carboxylic acids is 1. The Morgan fingerprint density at radius 2 is 2.04 bits per heavy atom. The number of aromatic carboxylic acids is 1. The summed E-state index contributed by atoms with van der Waals surface area (Å²) in [6, 6.07) is 13.4. The van der Waals surface area contributed by atoms with Crippen molar-refractivity contribution in [3.63, 3.8) is 0 Å². The van der Waals surface area contributed by atoms with E-state index in [1.165, 1.54) is 12.1 Å². The van der Waals surface area contributed by atoms with Crippen LogP contribution in [-0.4, -0.2) is 17.0 Å². The van der Waals surface area contributed by atoms with Gasteiger partial charge < -0.3 is 15.7 Å². The Bertz CT molecular complexity index is 839. The van der Waals surface area contributed by atoms with E-state index in [9.17, 15) is 9.59 Å². The van der Waals surface area contributed by atoms with E-state index >= 15 is 0 Å². The maximum Gasteiger partial charge on any atom is 0.335 e. The maximum atomic E-state index is 12.1. The van der Waals surface area contributed by atoms with Crippen molar-refractivity contribution < 1.29 is 14.7 Å². The standard InChI is InChI=1S/C17H13N3O3/c18-9-10-2-1-3-11(6-10)14-8-16(21)20-15-7-12(17(22)23)4-5-13(15)19-14/h1-7,14,19H,8H2,(H,20,21)(H,22,23). The lowest BCUT2D eigenvalue weighted by Gasteiger charge is -2.17. The Morgan fingerprint density at radius 3 is 2.78 bits per heavy atom. The van der Waals surface area contributed by atoms with Gasteiger partial charge in [-0.05, 0) is 35.9 Å². The lowest BCUT2D eigenvalue weighted by atomic mass is 10.0. The molecule has 2 aromatic carbocycles. The third-order valence-electron chi connectivity index (χ3n) is 3.68. The first-order chi connectivity index (χ1) is 11.1. The number of anilines is 2. The smallest absolute Gasteiger partial charge is 0.335 e. The molecule has 0 spiro atoms. The highest BCUT2D eigenvalue weighted by molar-refractivity contribution is 5.99. The van der Waals surface area contributed by atoms with Crippen molar-refractivity contribution in [2.45, 2.75) is 12.5 Å². The Morgan fingerprint density at radius 1 is 1.22 bits per heavy atom. The largest absolute Gasteiger partial charge is 0.478 e. The van der Waals surface area contributed by atoms with Gasteiger partial charge in [-0.3, -0.25) is 4.79 Å². The lowest BCUT2D eigenvalue weighted by molar-refractivity contribution is -0.116. The number of carboxylic acid groups (broad SMARTS) is 1. The summed E-state index contributed by atoms with van der Waals surface area (Å²) in [6.45, 7) is 0. The zero-order chi connectivity index (χ0) is 16.4. The van der Waals surface area contributed by atoms with Crippen LogP contribution < -0.4 is 10.6 Å². The van der Waals surface area contributed by atoms with Crippen LogP contribution in [-0.2, 0) is 4.79 Å². The molecule has 1 aliphatic heterocycles. The van der Waals surface area contributed by atoms with Crippen LogP contribution in [0.4, 0.5) is 11.4 Å². The van der Waals surface area contributed by atoms with Crippen LogP contribution in [0.15, 0.2) is 42.5 Å². The summed E-state index contributed by atoms with van der Waals surface area (Å²) in [5.41, 5.74) is 2.54. The van der Waals surface area contributed by atoms with Crippen LogP contribution >= 0.6 is 0 Å². The SMILES string of the molecule is N#Cc1cccc(C2CC(=O)Nc3cc(C(=O)O)ccc3N2)c1. The summed E-state index contributed by atoms with van der Waals surface area (Å²) in [4.78, 5) is 23.1. The van der Waals surface area contributed by atoms with Gasteiger partial charge in [0.1, 0.15) is 0 Å². The Hall–Kier alpha value is -3.33. The minimum atomic E-state index is -1.05. The van der Waals surface area contributed by atoms with Crippen molar-refractivity contribution in [2.24, 2.45) is 0 Å². The van der Waals surface area contributed by atoms with Gasteiger partial charge in [-0.15, -0.1) is 0 Å². The molecule has 3 N–H and O–H groups in total. The zero-order valence-corrected chi connectivity index (χ0v) is 12.0. The highest BCUT2D eigenvalue weighted by atomic mass is 16.4. The van der Waals surface area contributed by atoms with Gasteiger partial charge in [0.15, 0.2) is 0 Å². The third kappa shape index (κ3) is 2.99. The first kappa shape index (κ1) is 14.6. The van der Waals surface area contributed by atoms with E-state index in [0.29, 0.717) is 16.9 Å². The molecule has 0 aliphatic carbocycles. The van der Waals surface area contributed by atoms with Crippen LogP contribution in [0.25, 0.3) is 0 Å². The van der Waals surface area contributed by atoms with E-state index in [2.05, 4.69) is 16.7 Å². The Labute approximate surface area is 132 Å². The fraction of sp³-hybridized carbons (Fsp3) is 0.118. The second-order valence-corrected chi connectivity index (χ2v) is 5.25. The third-order valence-corrected chi connectivity index (χ3v) is 3.68. The van der Waals surface area contributed by atoms with E-state index in [-0.39, 0.29) is 23.9 Å². The number of rotatable bonds is 2. The van der Waals surface area contributed by atoms with Crippen LogP contribution in [0.3, 0.4) is 0 Å². The summed E-state index contributed by atoms with van der Waals surface area (Å²) in [6.07, 6.45) is 0.186. The number of nitrogens with zero attached hydrogens (tertiary/aromatic N) is 1. The van der Waals surface area contributed by atoms with Crippen LogP contribution in [0.2, 0.25) is 0 Å². The summed E-state index contributed by atoms with van der Waals surface area (Å²) < 4.78 is 0. The first-order valence-electron chi connectivity index (χ1n) is 7.00. The summed E-state index contributed by atoms with van der Waals surface area (Å²) in [5.74, 6) is -1.27. The number of nitrogens with one attached hydrogen (secondary N) is 2. The van der Waals surface area contributed by atoms with Crippen LogP contribution in [0, 0.1) is 11.3 Å². The molecule has 1 amide bonds. The average Bonchev–Trinajstić information content (AvgIpc) is 2.72. The second-order valence-electron chi connectivity index (χ2n) is 5.25. The van der Waals surface area contributed by atoms with Crippen molar-refractivity contribution in [3.05, 3.63) is 59.2 Å². The molecule has 1 atom stereocenters. The monoisotopic (exact) mass is 307 g/mol. The lowest BCUT2D eigenvalue weighted by Crippen LogP contribution is -2.15. The van der Waals surface area contributed by atoms with E-state index in [1.807, 2.05) is 6.07 Å². The fourth-order valence-electron chi connectivity index (χ4n) is 2.56. The molecule has 0 radical (unpaired) electrons. The molecule has 0 fully saturated rings. The van der Waals surface area contributed by atoms with E-state index in [4.69, 9.17) is 10.4 Å². The molecule has 2 aromatic rings. The quantitative estimate of drug-likeness (QED) is 0.791. The molecular weight excluding hydrogens is 294 g/mol.